The number of H-pyrrole nitrogens is 1. The quantitative estimate of drug-likeness (QED) is 0.510. The number of nitrogens with zero attached hydrogens (tertiary/aromatic N) is 6. The average Bonchev–Trinajstić information content (AvgIpc) is 3.37. The molecule has 0 bridgehead atoms. The van der Waals surface area contributed by atoms with Crippen molar-refractivity contribution in [1.29, 1.82) is 0 Å². The van der Waals surface area contributed by atoms with Crippen LogP contribution in [0.3, 0.4) is 0 Å². The highest BCUT2D eigenvalue weighted by Crippen LogP contribution is 2.34. The second kappa shape index (κ2) is 7.88. The van der Waals surface area contributed by atoms with E-state index in [2.05, 4.69) is 41.1 Å². The van der Waals surface area contributed by atoms with Gasteiger partial charge in [0.2, 0.25) is 11.6 Å². The molecule has 160 valence electrons. The number of hydrogen-bond acceptors (Lipinski definition) is 7. The lowest BCUT2D eigenvalue weighted by Crippen LogP contribution is -2.17. The van der Waals surface area contributed by atoms with Crippen molar-refractivity contribution in [3.05, 3.63) is 39.9 Å². The molecule has 31 heavy (non-hydrogen) atoms. The molecule has 1 fully saturated rings. The number of halogens is 1. The molecular weight excluding hydrogens is 418 g/mol. The normalized spacial score (nSPS) is 19.2. The van der Waals surface area contributed by atoms with Crippen LogP contribution in [0.2, 0.25) is 5.02 Å². The molecule has 0 spiro atoms. The lowest BCUT2D eigenvalue weighted by Gasteiger charge is -2.26. The molecule has 4 heterocycles. The maximum Gasteiger partial charge on any atom is 0.439 e. The molecule has 1 aliphatic carbocycles. The van der Waals surface area contributed by atoms with Crippen LogP contribution in [0, 0.1) is 18.8 Å². The third kappa shape index (κ3) is 3.85. The third-order valence-electron chi connectivity index (χ3n) is 6.02. The predicted octanol–water partition coefficient (Wildman–Crippen LogP) is 4.02. The molecule has 1 aliphatic rings. The Kier molecular flexibility index (Phi) is 5.05. The van der Waals surface area contributed by atoms with Crippen LogP contribution in [0.1, 0.15) is 38.3 Å². The van der Waals surface area contributed by atoms with Crippen molar-refractivity contribution in [3.63, 3.8) is 0 Å². The molecule has 0 saturated heterocycles. The van der Waals surface area contributed by atoms with Gasteiger partial charge in [0.25, 0.3) is 0 Å². The summed E-state index contributed by atoms with van der Waals surface area (Å²) in [6, 6.07) is 1.83. The monoisotopic (exact) mass is 439 g/mol. The van der Waals surface area contributed by atoms with Crippen LogP contribution in [0.5, 0.6) is 0 Å². The SMILES string of the molecule is Cc1ncc(Cl)cc1-c1nc(-c2noc(=O)[nH]2)nc2ncn(CC3CCC(C)CC3)c12. The Balaban J connectivity index is 1.67. The van der Waals surface area contributed by atoms with Gasteiger partial charge in [-0.2, -0.15) is 0 Å². The highest BCUT2D eigenvalue weighted by atomic mass is 35.5. The first kappa shape index (κ1) is 19.9. The topological polar surface area (TPSA) is 115 Å². The molecule has 5 rings (SSSR count). The molecule has 0 radical (unpaired) electrons. The molecule has 10 heteroatoms. The van der Waals surface area contributed by atoms with E-state index < -0.39 is 5.76 Å². The van der Waals surface area contributed by atoms with Crippen molar-refractivity contribution in [1.82, 2.24) is 34.6 Å². The van der Waals surface area contributed by atoms with E-state index in [1.807, 2.05) is 19.3 Å². The number of hydrogen-bond donors (Lipinski definition) is 1. The van der Waals surface area contributed by atoms with Crippen molar-refractivity contribution in [3.8, 4) is 22.9 Å². The molecule has 0 atom stereocenters. The molecular formula is C21H22ClN7O2. The van der Waals surface area contributed by atoms with Gasteiger partial charge in [0.05, 0.1) is 11.3 Å². The zero-order chi connectivity index (χ0) is 21.5. The van der Waals surface area contributed by atoms with Crippen LogP contribution in [0.15, 0.2) is 27.9 Å². The summed E-state index contributed by atoms with van der Waals surface area (Å²) in [6.07, 6.45) is 8.32. The summed E-state index contributed by atoms with van der Waals surface area (Å²) in [5, 5.41) is 4.24. The van der Waals surface area contributed by atoms with Crippen molar-refractivity contribution < 1.29 is 4.52 Å². The van der Waals surface area contributed by atoms with Crippen LogP contribution in [-0.4, -0.2) is 34.6 Å². The number of rotatable bonds is 4. The van der Waals surface area contributed by atoms with Crippen LogP contribution < -0.4 is 5.76 Å². The van der Waals surface area contributed by atoms with Gasteiger partial charge in [0.15, 0.2) is 5.65 Å². The van der Waals surface area contributed by atoms with Gasteiger partial charge in [-0.1, -0.05) is 36.5 Å². The average molecular weight is 440 g/mol. The van der Waals surface area contributed by atoms with E-state index in [0.717, 1.165) is 29.2 Å². The Morgan fingerprint density at radius 2 is 2.03 bits per heavy atom. The second-order valence-corrected chi connectivity index (χ2v) is 8.76. The van der Waals surface area contributed by atoms with Gasteiger partial charge < -0.3 is 4.57 Å². The summed E-state index contributed by atoms with van der Waals surface area (Å²) in [5.74, 6) is 1.09. The lowest BCUT2D eigenvalue weighted by molar-refractivity contribution is 0.266. The Morgan fingerprint density at radius 3 is 2.77 bits per heavy atom. The first-order valence-electron chi connectivity index (χ1n) is 10.4. The maximum atomic E-state index is 11.4. The highest BCUT2D eigenvalue weighted by molar-refractivity contribution is 6.30. The summed E-state index contributed by atoms with van der Waals surface area (Å²) in [7, 11) is 0. The van der Waals surface area contributed by atoms with Gasteiger partial charge in [-0.15, -0.1) is 0 Å². The number of aryl methyl sites for hydroxylation is 1. The predicted molar refractivity (Wildman–Crippen MR) is 116 cm³/mol. The van der Waals surface area contributed by atoms with Gasteiger partial charge in [0.1, 0.15) is 11.2 Å². The standard InChI is InChI=1S/C21H22ClN7O2/c1-11-3-5-13(6-4-11)9-29-10-24-18-17(29)16(15-7-14(22)8-23-12(15)2)25-19(26-18)20-27-21(30)31-28-20/h7-8,10-11,13H,3-6,9H2,1-2H3,(H,27,28,30). The van der Waals surface area contributed by atoms with E-state index >= 15 is 0 Å². The van der Waals surface area contributed by atoms with Gasteiger partial charge in [-0.3, -0.25) is 14.5 Å². The van der Waals surface area contributed by atoms with Crippen molar-refractivity contribution in [2.75, 3.05) is 0 Å². The van der Waals surface area contributed by atoms with Gasteiger partial charge in [0, 0.05) is 24.0 Å². The van der Waals surface area contributed by atoms with Gasteiger partial charge >= 0.3 is 5.76 Å². The fourth-order valence-corrected chi connectivity index (χ4v) is 4.43. The molecule has 4 aromatic rings. The van der Waals surface area contributed by atoms with Crippen LogP contribution in [-0.2, 0) is 6.54 Å². The first-order chi connectivity index (χ1) is 15.0. The lowest BCUT2D eigenvalue weighted by atomic mass is 9.83. The summed E-state index contributed by atoms with van der Waals surface area (Å²) in [4.78, 5) is 32.1. The number of nitrogens with one attached hydrogen (secondary N) is 1. The van der Waals surface area contributed by atoms with E-state index in [1.54, 1.807) is 6.20 Å². The molecule has 1 N–H and O–H groups in total. The molecule has 0 unspecified atom stereocenters. The minimum Gasteiger partial charge on any atom is -0.327 e. The number of imidazole rings is 1. The zero-order valence-electron chi connectivity index (χ0n) is 17.3. The molecule has 0 aliphatic heterocycles. The van der Waals surface area contributed by atoms with Gasteiger partial charge in [-0.25, -0.2) is 19.7 Å². The van der Waals surface area contributed by atoms with Crippen molar-refractivity contribution >= 4 is 22.8 Å². The van der Waals surface area contributed by atoms with Crippen LogP contribution in [0.4, 0.5) is 0 Å². The Hall–Kier alpha value is -3.07. The number of aromatic amines is 1. The van der Waals surface area contributed by atoms with E-state index in [-0.39, 0.29) is 11.6 Å². The summed E-state index contributed by atoms with van der Waals surface area (Å²) < 4.78 is 6.76. The fraction of sp³-hybridized carbons (Fsp3) is 0.429. The van der Waals surface area contributed by atoms with Gasteiger partial charge in [-0.05, 0) is 37.7 Å². The van der Waals surface area contributed by atoms with Crippen LogP contribution in [0.25, 0.3) is 34.1 Å². The molecule has 0 amide bonds. The number of fused-ring (bicyclic) bond motifs is 1. The van der Waals surface area contributed by atoms with Crippen molar-refractivity contribution in [2.45, 2.75) is 46.1 Å². The summed E-state index contributed by atoms with van der Waals surface area (Å²) in [6.45, 7) is 5.08. The largest absolute Gasteiger partial charge is 0.439 e. The molecule has 1 saturated carbocycles. The van der Waals surface area contributed by atoms with E-state index in [0.29, 0.717) is 22.3 Å². The molecule has 4 aromatic heterocycles. The smallest absolute Gasteiger partial charge is 0.327 e. The Bertz CT molecular complexity index is 1300. The minimum absolute atomic E-state index is 0.150. The van der Waals surface area contributed by atoms with E-state index in [1.165, 1.54) is 25.7 Å². The third-order valence-corrected chi connectivity index (χ3v) is 6.23. The zero-order valence-corrected chi connectivity index (χ0v) is 18.1. The van der Waals surface area contributed by atoms with Crippen molar-refractivity contribution in [2.24, 2.45) is 11.8 Å². The second-order valence-electron chi connectivity index (χ2n) is 8.32. The molecule has 0 aromatic carbocycles. The number of aromatic nitrogens is 7. The fourth-order valence-electron chi connectivity index (χ4n) is 4.28. The first-order valence-corrected chi connectivity index (χ1v) is 10.8. The maximum absolute atomic E-state index is 11.4. The van der Waals surface area contributed by atoms with Crippen LogP contribution >= 0.6 is 11.6 Å². The van der Waals surface area contributed by atoms with E-state index in [9.17, 15) is 4.79 Å². The highest BCUT2D eigenvalue weighted by Gasteiger charge is 2.23. The van der Waals surface area contributed by atoms with E-state index in [4.69, 9.17) is 16.6 Å². The Morgan fingerprint density at radius 1 is 1.23 bits per heavy atom. The minimum atomic E-state index is -0.669. The Labute approximate surface area is 182 Å². The number of pyridine rings is 1. The molecule has 9 nitrogen and oxygen atoms in total. The summed E-state index contributed by atoms with van der Waals surface area (Å²) in [5.41, 5.74) is 3.56. The summed E-state index contributed by atoms with van der Waals surface area (Å²) >= 11 is 6.26.